The summed E-state index contributed by atoms with van der Waals surface area (Å²) in [6.07, 6.45) is 1.55. The molecular formula is C15H23N3O4. The van der Waals surface area contributed by atoms with Gasteiger partial charge in [0.25, 0.3) is 0 Å². The van der Waals surface area contributed by atoms with E-state index in [1.54, 1.807) is 32.9 Å². The number of anilines is 2. The second-order valence-electron chi connectivity index (χ2n) is 5.69. The number of hydrogen-bond donors (Lipinski definition) is 2. The molecule has 0 aliphatic carbocycles. The average Bonchev–Trinajstić information content (AvgIpc) is 2.43. The Morgan fingerprint density at radius 2 is 2.00 bits per heavy atom. The number of carbonyl (C=O) groups excluding carboxylic acids is 2. The lowest BCUT2D eigenvalue weighted by atomic mass is 10.2. The van der Waals surface area contributed by atoms with Gasteiger partial charge in [0.2, 0.25) is 0 Å². The fourth-order valence-corrected chi connectivity index (χ4v) is 1.63. The van der Waals surface area contributed by atoms with Gasteiger partial charge in [-0.25, -0.2) is 14.6 Å². The molecule has 0 aliphatic rings. The van der Waals surface area contributed by atoms with Crippen LogP contribution in [0.2, 0.25) is 0 Å². The van der Waals surface area contributed by atoms with Gasteiger partial charge >= 0.3 is 12.1 Å². The Morgan fingerprint density at radius 1 is 1.32 bits per heavy atom. The molecule has 7 heteroatoms. The van der Waals surface area contributed by atoms with E-state index < -0.39 is 17.7 Å². The van der Waals surface area contributed by atoms with Gasteiger partial charge in [-0.05, 0) is 39.3 Å². The van der Waals surface area contributed by atoms with Gasteiger partial charge in [-0.1, -0.05) is 6.92 Å². The molecule has 1 amide bonds. The lowest BCUT2D eigenvalue weighted by molar-refractivity contribution is -0.141. The van der Waals surface area contributed by atoms with Crippen LogP contribution in [0.25, 0.3) is 0 Å². The predicted molar refractivity (Wildman–Crippen MR) is 83.8 cm³/mol. The zero-order valence-corrected chi connectivity index (χ0v) is 13.6. The molecule has 0 aromatic carbocycles. The van der Waals surface area contributed by atoms with Gasteiger partial charge in [-0.2, -0.15) is 0 Å². The van der Waals surface area contributed by atoms with Gasteiger partial charge in [0.05, 0.1) is 19.0 Å². The minimum absolute atomic E-state index is 0.335. The molecule has 0 spiro atoms. The maximum Gasteiger partial charge on any atom is 0.413 e. The summed E-state index contributed by atoms with van der Waals surface area (Å²) in [6, 6.07) is 2.90. The Bertz CT molecular complexity index is 509. The van der Waals surface area contributed by atoms with Gasteiger partial charge in [0, 0.05) is 0 Å². The van der Waals surface area contributed by atoms with Crippen LogP contribution >= 0.6 is 0 Å². The fourth-order valence-electron chi connectivity index (χ4n) is 1.63. The summed E-state index contributed by atoms with van der Waals surface area (Å²) in [5.41, 5.74) is 0.0902. The molecule has 1 heterocycles. The summed E-state index contributed by atoms with van der Waals surface area (Å²) in [5.74, 6) is 0.0318. The van der Waals surface area contributed by atoms with Crippen molar-refractivity contribution >= 4 is 23.6 Å². The second kappa shape index (κ2) is 7.63. The third-order valence-corrected chi connectivity index (χ3v) is 2.63. The number of aromatic nitrogens is 1. The van der Waals surface area contributed by atoms with Crippen LogP contribution < -0.4 is 10.6 Å². The zero-order valence-electron chi connectivity index (χ0n) is 13.6. The van der Waals surface area contributed by atoms with E-state index in [0.717, 1.165) is 0 Å². The molecule has 0 aliphatic heterocycles. The third kappa shape index (κ3) is 5.99. The van der Waals surface area contributed by atoms with Gasteiger partial charge in [-0.3, -0.25) is 5.32 Å². The first-order chi connectivity index (χ1) is 10.2. The van der Waals surface area contributed by atoms with Crippen LogP contribution in [0.5, 0.6) is 0 Å². The summed E-state index contributed by atoms with van der Waals surface area (Å²) < 4.78 is 9.84. The Labute approximate surface area is 130 Å². The molecule has 0 saturated heterocycles. The maximum atomic E-state index is 11.6. The normalized spacial score (nSPS) is 12.2. The Balaban J connectivity index is 2.63. The van der Waals surface area contributed by atoms with Crippen molar-refractivity contribution in [3.05, 3.63) is 18.3 Å². The number of nitrogens with one attached hydrogen (secondary N) is 2. The van der Waals surface area contributed by atoms with Crippen LogP contribution in [-0.2, 0) is 14.3 Å². The van der Waals surface area contributed by atoms with E-state index in [2.05, 4.69) is 15.6 Å². The first kappa shape index (κ1) is 17.7. The summed E-state index contributed by atoms with van der Waals surface area (Å²) in [4.78, 5) is 27.2. The molecule has 7 nitrogen and oxygen atoms in total. The van der Waals surface area contributed by atoms with Crippen molar-refractivity contribution in [1.29, 1.82) is 0 Å². The third-order valence-electron chi connectivity index (χ3n) is 2.63. The summed E-state index contributed by atoms with van der Waals surface area (Å²) in [7, 11) is 1.35. The van der Waals surface area contributed by atoms with Crippen LogP contribution in [0.1, 0.15) is 34.1 Å². The van der Waals surface area contributed by atoms with E-state index in [1.165, 1.54) is 13.3 Å². The molecule has 0 bridgehead atoms. The molecule has 0 fully saturated rings. The average molecular weight is 309 g/mol. The Morgan fingerprint density at radius 3 is 2.45 bits per heavy atom. The molecule has 0 radical (unpaired) electrons. The second-order valence-corrected chi connectivity index (χ2v) is 5.69. The van der Waals surface area contributed by atoms with Gasteiger partial charge < -0.3 is 14.8 Å². The smallest absolute Gasteiger partial charge is 0.413 e. The molecule has 1 atom stereocenters. The number of ether oxygens (including phenoxy) is 2. The van der Waals surface area contributed by atoms with Crippen LogP contribution in [-0.4, -0.2) is 35.8 Å². The largest absolute Gasteiger partial charge is 0.467 e. The number of esters is 1. The summed E-state index contributed by atoms with van der Waals surface area (Å²) in [6.45, 7) is 7.22. The minimum atomic E-state index is -0.569. The number of nitrogens with zero attached hydrogens (tertiary/aromatic N) is 1. The van der Waals surface area contributed by atoms with E-state index >= 15 is 0 Å². The maximum absolute atomic E-state index is 11.6. The number of amides is 1. The van der Waals surface area contributed by atoms with Crippen LogP contribution in [0.3, 0.4) is 0 Å². The quantitative estimate of drug-likeness (QED) is 0.813. The first-order valence-electron chi connectivity index (χ1n) is 7.05. The van der Waals surface area contributed by atoms with Crippen LogP contribution in [0.15, 0.2) is 18.3 Å². The van der Waals surface area contributed by atoms with Gasteiger partial charge in [0.1, 0.15) is 17.5 Å². The molecule has 1 unspecified atom stereocenters. The Hall–Kier alpha value is -2.31. The van der Waals surface area contributed by atoms with Crippen molar-refractivity contribution in [3.8, 4) is 0 Å². The lowest BCUT2D eigenvalue weighted by Crippen LogP contribution is -2.30. The van der Waals surface area contributed by atoms with E-state index in [9.17, 15) is 9.59 Å². The van der Waals surface area contributed by atoms with E-state index in [0.29, 0.717) is 17.9 Å². The fraction of sp³-hybridized carbons (Fsp3) is 0.533. The zero-order chi connectivity index (χ0) is 16.8. The first-order valence-corrected chi connectivity index (χ1v) is 7.05. The van der Waals surface area contributed by atoms with E-state index in [1.807, 2.05) is 6.92 Å². The predicted octanol–water partition coefficient (Wildman–Crippen LogP) is 2.79. The molecular weight excluding hydrogens is 286 g/mol. The molecule has 0 saturated carbocycles. The summed E-state index contributed by atoms with van der Waals surface area (Å²) >= 11 is 0. The van der Waals surface area contributed by atoms with E-state index in [-0.39, 0.29) is 5.97 Å². The molecule has 22 heavy (non-hydrogen) atoms. The summed E-state index contributed by atoms with van der Waals surface area (Å²) in [5, 5.41) is 5.55. The number of carbonyl (C=O) groups is 2. The van der Waals surface area contributed by atoms with Crippen molar-refractivity contribution < 1.29 is 19.1 Å². The van der Waals surface area contributed by atoms with Crippen molar-refractivity contribution in [2.45, 2.75) is 45.8 Å². The highest BCUT2D eigenvalue weighted by atomic mass is 16.6. The number of pyridine rings is 1. The van der Waals surface area contributed by atoms with Crippen LogP contribution in [0.4, 0.5) is 16.3 Å². The SMILES string of the molecule is CCC(Nc1ccc(NC(=O)OC(C)(C)C)nc1)C(=O)OC. The number of rotatable bonds is 5. The monoisotopic (exact) mass is 309 g/mol. The lowest BCUT2D eigenvalue weighted by Gasteiger charge is -2.19. The van der Waals surface area contributed by atoms with Gasteiger partial charge in [-0.15, -0.1) is 0 Å². The molecule has 1 rings (SSSR count). The van der Waals surface area contributed by atoms with Crippen molar-refractivity contribution in [2.75, 3.05) is 17.7 Å². The standard InChI is InChI=1S/C15H23N3O4/c1-6-11(13(19)21-5)17-10-7-8-12(16-9-10)18-14(20)22-15(2,3)4/h7-9,11,17H,6H2,1-5H3,(H,16,18,20). The number of hydrogen-bond acceptors (Lipinski definition) is 6. The molecule has 1 aromatic heterocycles. The molecule has 2 N–H and O–H groups in total. The highest BCUT2D eigenvalue weighted by Crippen LogP contribution is 2.14. The van der Waals surface area contributed by atoms with Crippen LogP contribution in [0, 0.1) is 0 Å². The topological polar surface area (TPSA) is 89.5 Å². The van der Waals surface area contributed by atoms with Gasteiger partial charge in [0.15, 0.2) is 0 Å². The molecule has 122 valence electrons. The highest BCUT2D eigenvalue weighted by molar-refractivity contribution is 5.84. The minimum Gasteiger partial charge on any atom is -0.467 e. The molecule has 1 aromatic rings. The Kier molecular flexibility index (Phi) is 6.15. The van der Waals surface area contributed by atoms with Crippen molar-refractivity contribution in [3.63, 3.8) is 0 Å². The van der Waals surface area contributed by atoms with E-state index in [4.69, 9.17) is 9.47 Å². The highest BCUT2D eigenvalue weighted by Gasteiger charge is 2.18. The van der Waals surface area contributed by atoms with Crippen molar-refractivity contribution in [1.82, 2.24) is 4.98 Å². The number of methoxy groups -OCH3 is 1. The van der Waals surface area contributed by atoms with Crippen molar-refractivity contribution in [2.24, 2.45) is 0 Å².